The van der Waals surface area contributed by atoms with Crippen molar-refractivity contribution in [2.24, 2.45) is 11.8 Å². The highest BCUT2D eigenvalue weighted by atomic mass is 35.5. The summed E-state index contributed by atoms with van der Waals surface area (Å²) in [7, 11) is 1.20. The van der Waals surface area contributed by atoms with E-state index in [0.717, 1.165) is 11.8 Å². The number of benzene rings is 1. The van der Waals surface area contributed by atoms with Gasteiger partial charge in [0.15, 0.2) is 0 Å². The molecule has 67 heavy (non-hydrogen) atoms. The number of aliphatic hydroxyl groups excluding tert-OH is 3. The Morgan fingerprint density at radius 2 is 1.37 bits per heavy atom. The fourth-order valence-electron chi connectivity index (χ4n) is 6.93. The first-order valence-electron chi connectivity index (χ1n) is 22.2. The van der Waals surface area contributed by atoms with E-state index in [2.05, 4.69) is 37.2 Å². The smallest absolute Gasteiger partial charge is 0.329 e. The quantitative estimate of drug-likeness (QED) is 0.0885. The van der Waals surface area contributed by atoms with Crippen LogP contribution < -0.4 is 37.2 Å². The standard InChI is InChI=1S/C44H69ClN8O14/c1-12-13-31(58)46-21(6)37(59)49-33(22(7)54)41(63)52-36-25(10)67-44(66)32(20(4)5)48-39(61)29(18-26-14-15-30(57)27(45)17-26)53(11)43(65)35(24(9)56)51-40(62)34(23(8)55)50-38(60)28(16-19(2)3)47-42(36)64/h14-15,17,19-25,28-29,32-36,54-57H,12-13,16,18H2,1-11H3,(H,46,58)(H,47,64)(H,48,61)(H,49,59)(H,50,60)(H,51,62)(H,52,63)/t21-,22+,23+,24+,25+,28-,29-,32-,33-,34-,35-,36-/m0/s1. The van der Waals surface area contributed by atoms with Crippen LogP contribution in [0.1, 0.15) is 94.1 Å². The average molecular weight is 970 g/mol. The molecule has 23 heteroatoms. The Morgan fingerprint density at radius 1 is 0.791 bits per heavy atom. The maximum atomic E-state index is 14.4. The first-order chi connectivity index (χ1) is 31.1. The molecule has 1 aromatic rings. The summed E-state index contributed by atoms with van der Waals surface area (Å²) in [5.74, 6) is -10.1. The third-order valence-electron chi connectivity index (χ3n) is 10.9. The predicted octanol–water partition coefficient (Wildman–Crippen LogP) is -1.58. The van der Waals surface area contributed by atoms with Crippen LogP contribution in [0.2, 0.25) is 5.02 Å². The molecular formula is C44H69ClN8O14. The lowest BCUT2D eigenvalue weighted by Gasteiger charge is -2.34. The van der Waals surface area contributed by atoms with Crippen molar-refractivity contribution in [3.63, 3.8) is 0 Å². The van der Waals surface area contributed by atoms with Crippen molar-refractivity contribution in [2.45, 2.75) is 168 Å². The molecule has 1 heterocycles. The molecule has 0 bridgehead atoms. The van der Waals surface area contributed by atoms with E-state index in [0.29, 0.717) is 12.0 Å². The zero-order valence-electron chi connectivity index (χ0n) is 39.8. The van der Waals surface area contributed by atoms with E-state index < -0.39 is 132 Å². The van der Waals surface area contributed by atoms with Crippen molar-refractivity contribution in [2.75, 3.05) is 7.05 Å². The number of halogens is 1. The number of aliphatic hydroxyl groups is 3. The highest BCUT2D eigenvalue weighted by molar-refractivity contribution is 6.32. The first-order valence-corrected chi connectivity index (χ1v) is 22.6. The number of amides is 8. The molecule has 1 aliphatic heterocycles. The lowest BCUT2D eigenvalue weighted by molar-refractivity contribution is -0.158. The number of phenols is 1. The largest absolute Gasteiger partial charge is 0.506 e. The zero-order valence-corrected chi connectivity index (χ0v) is 40.6. The molecule has 0 aromatic heterocycles. The van der Waals surface area contributed by atoms with E-state index in [1.54, 1.807) is 34.6 Å². The van der Waals surface area contributed by atoms with Crippen LogP contribution in [0.4, 0.5) is 0 Å². The van der Waals surface area contributed by atoms with Gasteiger partial charge in [0.2, 0.25) is 47.3 Å². The monoisotopic (exact) mass is 968 g/mol. The number of aromatic hydroxyl groups is 1. The summed E-state index contributed by atoms with van der Waals surface area (Å²) in [4.78, 5) is 125. The highest BCUT2D eigenvalue weighted by Gasteiger charge is 2.42. The number of ether oxygens (including phenoxy) is 1. The van der Waals surface area contributed by atoms with Gasteiger partial charge in [-0.2, -0.15) is 0 Å². The fourth-order valence-corrected chi connectivity index (χ4v) is 7.14. The third kappa shape index (κ3) is 16.9. The van der Waals surface area contributed by atoms with Crippen molar-refractivity contribution in [3.8, 4) is 5.75 Å². The molecule has 376 valence electrons. The van der Waals surface area contributed by atoms with Crippen molar-refractivity contribution in [1.82, 2.24) is 42.1 Å². The predicted molar refractivity (Wildman–Crippen MR) is 242 cm³/mol. The highest BCUT2D eigenvalue weighted by Crippen LogP contribution is 2.25. The van der Waals surface area contributed by atoms with E-state index in [1.807, 2.05) is 0 Å². The summed E-state index contributed by atoms with van der Waals surface area (Å²) in [5, 5.41) is 59.2. The molecule has 2 rings (SSSR count). The minimum Gasteiger partial charge on any atom is -0.506 e. The molecule has 1 aromatic carbocycles. The normalized spacial score (nSPS) is 25.1. The number of carbonyl (C=O) groups is 9. The van der Waals surface area contributed by atoms with Crippen LogP contribution in [0.25, 0.3) is 0 Å². The molecule has 1 saturated heterocycles. The Hall–Kier alpha value is -5.58. The number of hydrogen-bond acceptors (Lipinski definition) is 14. The van der Waals surface area contributed by atoms with Crippen LogP contribution in [0, 0.1) is 11.8 Å². The third-order valence-corrected chi connectivity index (χ3v) is 11.2. The Labute approximate surface area is 395 Å². The Morgan fingerprint density at radius 3 is 1.90 bits per heavy atom. The second-order valence-corrected chi connectivity index (χ2v) is 18.1. The molecule has 11 N–H and O–H groups in total. The van der Waals surface area contributed by atoms with Gasteiger partial charge in [0.05, 0.1) is 23.3 Å². The summed E-state index contributed by atoms with van der Waals surface area (Å²) in [5.41, 5.74) is 0.329. The molecule has 1 fully saturated rings. The number of esters is 1. The van der Waals surface area contributed by atoms with Crippen molar-refractivity contribution < 1.29 is 68.3 Å². The number of carbonyl (C=O) groups excluding carboxylic acids is 9. The number of rotatable bonds is 15. The molecule has 0 saturated carbocycles. The second-order valence-electron chi connectivity index (χ2n) is 17.7. The fraction of sp³-hybridized carbons (Fsp3) is 0.659. The van der Waals surface area contributed by atoms with Crippen molar-refractivity contribution in [1.29, 1.82) is 0 Å². The van der Waals surface area contributed by atoms with Crippen molar-refractivity contribution in [3.05, 3.63) is 28.8 Å². The maximum absolute atomic E-state index is 14.4. The van der Waals surface area contributed by atoms with Crippen LogP contribution in [0.15, 0.2) is 18.2 Å². The summed E-state index contributed by atoms with van der Waals surface area (Å²) in [6.45, 7) is 14.4. The van der Waals surface area contributed by atoms with Gasteiger partial charge in [0, 0.05) is 19.9 Å². The summed E-state index contributed by atoms with van der Waals surface area (Å²) < 4.78 is 5.76. The summed E-state index contributed by atoms with van der Waals surface area (Å²) in [6.07, 6.45) is -6.27. The van der Waals surface area contributed by atoms with Gasteiger partial charge in [-0.3, -0.25) is 38.4 Å². The van der Waals surface area contributed by atoms with Crippen LogP contribution in [0.5, 0.6) is 5.75 Å². The van der Waals surface area contributed by atoms with Gasteiger partial charge in [-0.15, -0.1) is 0 Å². The van der Waals surface area contributed by atoms with E-state index in [4.69, 9.17) is 16.3 Å². The molecule has 8 amide bonds. The number of hydrogen-bond donors (Lipinski definition) is 11. The minimum atomic E-state index is -1.89. The lowest BCUT2D eigenvalue weighted by Crippen LogP contribution is -2.64. The molecule has 22 nitrogen and oxygen atoms in total. The van der Waals surface area contributed by atoms with Crippen LogP contribution in [-0.2, 0) is 54.3 Å². The topological polar surface area (TPSA) is 331 Å². The van der Waals surface area contributed by atoms with Crippen LogP contribution >= 0.6 is 11.6 Å². The average Bonchev–Trinajstić information content (AvgIpc) is 3.22. The van der Waals surface area contributed by atoms with E-state index in [1.165, 1.54) is 52.9 Å². The van der Waals surface area contributed by atoms with E-state index in [9.17, 15) is 63.6 Å². The lowest BCUT2D eigenvalue weighted by atomic mass is 9.99. The second kappa shape index (κ2) is 26.1. The first kappa shape index (κ1) is 57.5. The molecule has 0 aliphatic carbocycles. The Kier molecular flexibility index (Phi) is 22.4. The molecule has 0 radical (unpaired) electrons. The van der Waals surface area contributed by atoms with Gasteiger partial charge in [-0.1, -0.05) is 52.3 Å². The summed E-state index contributed by atoms with van der Waals surface area (Å²) in [6, 6.07) is -8.88. The zero-order chi connectivity index (χ0) is 51.2. The van der Waals surface area contributed by atoms with Gasteiger partial charge in [-0.05, 0) is 77.0 Å². The van der Waals surface area contributed by atoms with Crippen LogP contribution in [0.3, 0.4) is 0 Å². The maximum Gasteiger partial charge on any atom is 0.329 e. The van der Waals surface area contributed by atoms with Gasteiger partial charge in [-0.25, -0.2) is 4.79 Å². The Bertz CT molecular complexity index is 1950. The molecule has 12 atom stereocenters. The Balaban J connectivity index is 2.81. The van der Waals surface area contributed by atoms with Gasteiger partial charge in [0.25, 0.3) is 0 Å². The summed E-state index contributed by atoms with van der Waals surface area (Å²) >= 11 is 6.16. The number of nitrogens with zero attached hydrogens (tertiary/aromatic N) is 1. The van der Waals surface area contributed by atoms with Crippen molar-refractivity contribution >= 4 is 64.8 Å². The molecule has 1 aliphatic rings. The van der Waals surface area contributed by atoms with Gasteiger partial charge < -0.3 is 67.3 Å². The van der Waals surface area contributed by atoms with Crippen LogP contribution in [-0.4, -0.2) is 158 Å². The minimum absolute atomic E-state index is 0.0881. The van der Waals surface area contributed by atoms with E-state index in [-0.39, 0.29) is 36.0 Å². The molecule has 0 spiro atoms. The SMILES string of the molecule is CCCC(=O)N[C@@H](C)C(=O)N[C@H](C(=O)N[C@@H]1C(=O)N[C@@H](CC(C)C)C(=O)N[C@@H]([C@@H](C)O)C(=O)N[C@@H]([C@@H](C)O)C(=O)N(C)[C@@H](Cc2ccc(O)c(Cl)c2)C(=O)N[C@@H](C(C)C)C(=O)O[C@@H]1C)[C@@H](C)O. The van der Waals surface area contributed by atoms with E-state index >= 15 is 0 Å². The number of phenolic OH excluding ortho intramolecular Hbond substituents is 1. The number of nitrogens with one attached hydrogen (secondary N) is 7. The molecule has 0 unspecified atom stereocenters. The number of likely N-dealkylation sites (N-methyl/N-ethyl adjacent to an activating group) is 1. The van der Waals surface area contributed by atoms with Gasteiger partial charge in [0.1, 0.15) is 60.2 Å². The van der Waals surface area contributed by atoms with Gasteiger partial charge >= 0.3 is 5.97 Å². The molecular weight excluding hydrogens is 900 g/mol. The number of cyclic esters (lactones) is 1.